The highest BCUT2D eigenvalue weighted by molar-refractivity contribution is 6.12. The van der Waals surface area contributed by atoms with Gasteiger partial charge in [0.25, 0.3) is 0 Å². The minimum absolute atomic E-state index is 0.582. The summed E-state index contributed by atoms with van der Waals surface area (Å²) in [5.74, 6) is 0. The van der Waals surface area contributed by atoms with Crippen LogP contribution < -0.4 is 0 Å². The summed E-state index contributed by atoms with van der Waals surface area (Å²) in [6, 6.07) is 50.8. The summed E-state index contributed by atoms with van der Waals surface area (Å²) in [6.45, 7) is 0. The molecule has 0 bridgehead atoms. The second kappa shape index (κ2) is 11.0. The van der Waals surface area contributed by atoms with E-state index in [-0.39, 0.29) is 0 Å². The summed E-state index contributed by atoms with van der Waals surface area (Å²) in [4.78, 5) is 0. The maximum absolute atomic E-state index is 9.99. The number of nitrogens with zero attached hydrogens (tertiary/aromatic N) is 4. The molecule has 0 saturated carbocycles. The number of nitriles is 2. The molecule has 48 heavy (non-hydrogen) atoms. The molecule has 0 fully saturated rings. The molecule has 224 valence electrons. The van der Waals surface area contributed by atoms with Crippen LogP contribution in [0.1, 0.15) is 28.8 Å². The summed E-state index contributed by atoms with van der Waals surface area (Å²) >= 11 is 0. The molecular weight excluding hydrogens is 585 g/mol. The van der Waals surface area contributed by atoms with Crippen molar-refractivity contribution in [2.75, 3.05) is 0 Å². The van der Waals surface area contributed by atoms with Crippen LogP contribution in [0.5, 0.6) is 0 Å². The average molecular weight is 613 g/mol. The van der Waals surface area contributed by atoms with Crippen LogP contribution in [0.4, 0.5) is 0 Å². The predicted octanol–water partition coefficient (Wildman–Crippen LogP) is 10.8. The van der Waals surface area contributed by atoms with E-state index in [2.05, 4.69) is 124 Å². The van der Waals surface area contributed by atoms with Crippen LogP contribution in [0, 0.1) is 22.7 Å². The van der Waals surface area contributed by atoms with Crippen molar-refractivity contribution < 1.29 is 0 Å². The molecule has 9 rings (SSSR count). The molecule has 0 unspecified atom stereocenters. The number of benzene rings is 6. The Morgan fingerprint density at radius 2 is 1.29 bits per heavy atom. The summed E-state index contributed by atoms with van der Waals surface area (Å²) in [6.07, 6.45) is 6.64. The van der Waals surface area contributed by atoms with Gasteiger partial charge in [-0.1, -0.05) is 91.0 Å². The van der Waals surface area contributed by atoms with Gasteiger partial charge in [-0.2, -0.15) is 10.5 Å². The Hall–Kier alpha value is -6.62. The van der Waals surface area contributed by atoms with Gasteiger partial charge in [0.15, 0.2) is 0 Å². The third kappa shape index (κ3) is 4.21. The zero-order chi connectivity index (χ0) is 32.2. The van der Waals surface area contributed by atoms with Gasteiger partial charge < -0.3 is 9.13 Å². The zero-order valence-electron chi connectivity index (χ0n) is 26.1. The quantitative estimate of drug-likeness (QED) is 0.199. The highest BCUT2D eigenvalue weighted by Gasteiger charge is 2.20. The van der Waals surface area contributed by atoms with Gasteiger partial charge in [0, 0.05) is 38.7 Å². The summed E-state index contributed by atoms with van der Waals surface area (Å²) < 4.78 is 4.61. The second-order valence-corrected chi connectivity index (χ2v) is 12.3. The largest absolute Gasteiger partial charge is 0.313 e. The van der Waals surface area contributed by atoms with Gasteiger partial charge in [-0.15, -0.1) is 0 Å². The SMILES string of the molecule is N#Cc1ccc(-c2cccc(-c3ccc(-n4c5c(c6ccccc64)C=CCC5)cc3)c2)c(-n2c3ccccc3c3c(C#N)cccc32)c1. The lowest BCUT2D eigenvalue weighted by molar-refractivity contribution is 0.888. The van der Waals surface area contributed by atoms with Crippen LogP contribution in [0.3, 0.4) is 0 Å². The van der Waals surface area contributed by atoms with Crippen molar-refractivity contribution in [2.45, 2.75) is 12.8 Å². The summed E-state index contributed by atoms with van der Waals surface area (Å²) in [5.41, 5.74) is 13.5. The van der Waals surface area contributed by atoms with Crippen LogP contribution in [-0.4, -0.2) is 9.13 Å². The van der Waals surface area contributed by atoms with Gasteiger partial charge >= 0.3 is 0 Å². The molecule has 1 aliphatic carbocycles. The van der Waals surface area contributed by atoms with Crippen molar-refractivity contribution in [3.63, 3.8) is 0 Å². The first kappa shape index (κ1) is 27.7. The van der Waals surface area contributed by atoms with Gasteiger partial charge in [-0.3, -0.25) is 0 Å². The fourth-order valence-corrected chi connectivity index (χ4v) is 7.54. The lowest BCUT2D eigenvalue weighted by Gasteiger charge is -2.16. The van der Waals surface area contributed by atoms with Gasteiger partial charge in [0.05, 0.1) is 45.5 Å². The van der Waals surface area contributed by atoms with E-state index in [9.17, 15) is 10.5 Å². The Balaban J connectivity index is 1.17. The van der Waals surface area contributed by atoms with Crippen molar-refractivity contribution in [1.29, 1.82) is 10.5 Å². The van der Waals surface area contributed by atoms with Gasteiger partial charge in [0.2, 0.25) is 0 Å². The number of hydrogen-bond acceptors (Lipinski definition) is 2. The van der Waals surface area contributed by atoms with E-state index >= 15 is 0 Å². The topological polar surface area (TPSA) is 57.4 Å². The number of aromatic nitrogens is 2. The Morgan fingerprint density at radius 3 is 2.10 bits per heavy atom. The van der Waals surface area contributed by atoms with Crippen molar-refractivity contribution in [3.05, 3.63) is 162 Å². The minimum Gasteiger partial charge on any atom is -0.313 e. The molecule has 2 heterocycles. The number of fused-ring (bicyclic) bond motifs is 6. The van der Waals surface area contributed by atoms with E-state index in [4.69, 9.17) is 0 Å². The molecule has 4 heteroatoms. The second-order valence-electron chi connectivity index (χ2n) is 12.3. The number of hydrogen-bond donors (Lipinski definition) is 0. The van der Waals surface area contributed by atoms with E-state index < -0.39 is 0 Å². The number of rotatable bonds is 4. The molecule has 1 aliphatic rings. The van der Waals surface area contributed by atoms with Crippen molar-refractivity contribution >= 4 is 38.8 Å². The van der Waals surface area contributed by atoms with Crippen molar-refractivity contribution in [1.82, 2.24) is 9.13 Å². The van der Waals surface area contributed by atoms with Gasteiger partial charge in [-0.05, 0) is 84.1 Å². The molecule has 0 atom stereocenters. The highest BCUT2D eigenvalue weighted by atomic mass is 15.0. The summed E-state index contributed by atoms with van der Waals surface area (Å²) in [5, 5.41) is 23.2. The summed E-state index contributed by atoms with van der Waals surface area (Å²) in [7, 11) is 0. The van der Waals surface area contributed by atoms with Crippen molar-refractivity contribution in [3.8, 4) is 45.8 Å². The first-order chi connectivity index (χ1) is 23.7. The fourth-order valence-electron chi connectivity index (χ4n) is 7.54. The number of allylic oxidation sites excluding steroid dienone is 1. The molecule has 6 aromatic carbocycles. The van der Waals surface area contributed by atoms with Crippen molar-refractivity contribution in [2.24, 2.45) is 0 Å². The highest BCUT2D eigenvalue weighted by Crippen LogP contribution is 2.39. The number of para-hydroxylation sites is 2. The fraction of sp³-hybridized carbons (Fsp3) is 0.0455. The van der Waals surface area contributed by atoms with Crippen LogP contribution in [0.15, 0.2) is 140 Å². The Labute approximate surface area is 278 Å². The first-order valence-corrected chi connectivity index (χ1v) is 16.2. The van der Waals surface area contributed by atoms with Gasteiger partial charge in [0.1, 0.15) is 0 Å². The minimum atomic E-state index is 0.582. The molecule has 4 nitrogen and oxygen atoms in total. The Morgan fingerprint density at radius 1 is 0.562 bits per heavy atom. The lowest BCUT2D eigenvalue weighted by Crippen LogP contribution is -2.02. The lowest BCUT2D eigenvalue weighted by atomic mass is 9.96. The molecule has 0 N–H and O–H groups in total. The molecule has 2 aromatic heterocycles. The predicted molar refractivity (Wildman–Crippen MR) is 195 cm³/mol. The molecule has 0 amide bonds. The molecule has 0 saturated heterocycles. The normalized spacial score (nSPS) is 12.3. The van der Waals surface area contributed by atoms with Crippen LogP contribution in [0.2, 0.25) is 0 Å². The molecule has 8 aromatic rings. The maximum atomic E-state index is 9.99. The molecule has 0 aliphatic heterocycles. The van der Waals surface area contributed by atoms with E-state index in [0.29, 0.717) is 11.1 Å². The average Bonchev–Trinajstić information content (AvgIpc) is 3.68. The molecule has 0 spiro atoms. The monoisotopic (exact) mass is 612 g/mol. The van der Waals surface area contributed by atoms with E-state index in [1.165, 1.54) is 27.8 Å². The zero-order valence-corrected chi connectivity index (χ0v) is 26.1. The van der Waals surface area contributed by atoms with E-state index in [0.717, 1.165) is 62.6 Å². The third-order valence-electron chi connectivity index (χ3n) is 9.67. The molecule has 0 radical (unpaired) electrons. The Kier molecular flexibility index (Phi) is 6.35. The van der Waals surface area contributed by atoms with Crippen LogP contribution in [0.25, 0.3) is 72.4 Å². The maximum Gasteiger partial charge on any atom is 0.0998 e. The van der Waals surface area contributed by atoms with Crippen LogP contribution >= 0.6 is 0 Å². The van der Waals surface area contributed by atoms with E-state index in [1.54, 1.807) is 0 Å². The standard InChI is InChI=1S/C44H28N4/c45-27-29-19-24-35(43(25-29)48-41-17-6-3-14-38(41)44-33(28-46)11-8-18-42(44)48)32-10-7-9-31(26-32)30-20-22-34(23-21-30)47-39-15-4-1-12-36(39)37-13-2-5-16-40(37)47/h1-4,6-15,17-26H,5,16H2. The Bertz CT molecular complexity index is 2690. The first-order valence-electron chi connectivity index (χ1n) is 16.2. The smallest absolute Gasteiger partial charge is 0.0998 e. The van der Waals surface area contributed by atoms with Gasteiger partial charge in [-0.25, -0.2) is 0 Å². The van der Waals surface area contributed by atoms with E-state index in [1.807, 2.05) is 42.5 Å². The van der Waals surface area contributed by atoms with Crippen LogP contribution in [-0.2, 0) is 6.42 Å². The molecular formula is C44H28N4. The third-order valence-corrected chi connectivity index (χ3v) is 9.67.